The SMILES string of the molecule is OB(O)c1ccc(F)c(OCc2ccccn2)c1. The third-order valence-corrected chi connectivity index (χ3v) is 2.36. The first-order chi connectivity index (χ1) is 8.66. The van der Waals surface area contributed by atoms with Gasteiger partial charge in [0.25, 0.3) is 0 Å². The number of ether oxygens (including phenoxy) is 1. The van der Waals surface area contributed by atoms with E-state index in [1.807, 2.05) is 0 Å². The van der Waals surface area contributed by atoms with Gasteiger partial charge in [0.2, 0.25) is 0 Å². The molecule has 1 aromatic heterocycles. The van der Waals surface area contributed by atoms with Gasteiger partial charge in [-0.2, -0.15) is 0 Å². The summed E-state index contributed by atoms with van der Waals surface area (Å²) in [4.78, 5) is 4.03. The zero-order valence-corrected chi connectivity index (χ0v) is 9.45. The van der Waals surface area contributed by atoms with Crippen LogP contribution in [0.5, 0.6) is 5.75 Å². The first-order valence-electron chi connectivity index (χ1n) is 5.35. The summed E-state index contributed by atoms with van der Waals surface area (Å²) in [6.07, 6.45) is 1.61. The first kappa shape index (κ1) is 12.5. The quantitative estimate of drug-likeness (QED) is 0.771. The van der Waals surface area contributed by atoms with Crippen molar-refractivity contribution in [1.82, 2.24) is 4.98 Å². The highest BCUT2D eigenvalue weighted by molar-refractivity contribution is 6.58. The highest BCUT2D eigenvalue weighted by atomic mass is 19.1. The molecular weight excluding hydrogens is 236 g/mol. The van der Waals surface area contributed by atoms with E-state index in [1.165, 1.54) is 12.1 Å². The van der Waals surface area contributed by atoms with E-state index in [1.54, 1.807) is 24.4 Å². The van der Waals surface area contributed by atoms with Crippen LogP contribution in [0.2, 0.25) is 0 Å². The Hall–Kier alpha value is -1.92. The number of hydrogen-bond donors (Lipinski definition) is 2. The van der Waals surface area contributed by atoms with Gasteiger partial charge < -0.3 is 14.8 Å². The van der Waals surface area contributed by atoms with Gasteiger partial charge in [-0.25, -0.2) is 4.39 Å². The van der Waals surface area contributed by atoms with Crippen molar-refractivity contribution in [3.63, 3.8) is 0 Å². The highest BCUT2D eigenvalue weighted by Gasteiger charge is 2.14. The van der Waals surface area contributed by atoms with Gasteiger partial charge in [0.1, 0.15) is 6.61 Å². The Labute approximate surface area is 104 Å². The summed E-state index contributed by atoms with van der Waals surface area (Å²) in [5, 5.41) is 18.0. The van der Waals surface area contributed by atoms with Gasteiger partial charge >= 0.3 is 7.12 Å². The molecular formula is C12H11BFNO3. The number of hydrogen-bond acceptors (Lipinski definition) is 4. The molecule has 2 aromatic rings. The minimum absolute atomic E-state index is 0.0359. The summed E-state index contributed by atoms with van der Waals surface area (Å²) in [6, 6.07) is 8.99. The molecule has 0 saturated carbocycles. The molecule has 0 amide bonds. The average molecular weight is 247 g/mol. The molecule has 0 spiro atoms. The number of halogens is 1. The second-order valence-electron chi connectivity index (χ2n) is 3.67. The first-order valence-corrected chi connectivity index (χ1v) is 5.35. The van der Waals surface area contributed by atoms with Crippen LogP contribution in [0.1, 0.15) is 5.69 Å². The van der Waals surface area contributed by atoms with E-state index in [0.29, 0.717) is 5.69 Å². The summed E-state index contributed by atoms with van der Waals surface area (Å²) in [5.41, 5.74) is 0.833. The standard InChI is InChI=1S/C12H11BFNO3/c14-11-5-4-9(13(16)17)7-12(11)18-8-10-3-1-2-6-15-10/h1-7,16-17H,8H2. The van der Waals surface area contributed by atoms with E-state index in [9.17, 15) is 4.39 Å². The summed E-state index contributed by atoms with van der Waals surface area (Å²) in [5.74, 6) is -0.596. The summed E-state index contributed by atoms with van der Waals surface area (Å²) in [7, 11) is -1.65. The van der Waals surface area contributed by atoms with Crippen LogP contribution in [-0.4, -0.2) is 22.2 Å². The molecule has 0 atom stereocenters. The molecule has 0 aliphatic carbocycles. The van der Waals surface area contributed by atoms with Gasteiger partial charge in [0, 0.05) is 6.20 Å². The van der Waals surface area contributed by atoms with Gasteiger partial charge in [0.05, 0.1) is 5.69 Å². The van der Waals surface area contributed by atoms with Crippen LogP contribution in [0.25, 0.3) is 0 Å². The molecule has 0 saturated heterocycles. The number of aromatic nitrogens is 1. The summed E-state index contributed by atoms with van der Waals surface area (Å²) in [6.45, 7) is 0.114. The third kappa shape index (κ3) is 3.06. The van der Waals surface area contributed by atoms with E-state index < -0.39 is 12.9 Å². The van der Waals surface area contributed by atoms with Crippen molar-refractivity contribution in [2.24, 2.45) is 0 Å². The van der Waals surface area contributed by atoms with E-state index in [0.717, 1.165) is 6.07 Å². The Bertz CT molecular complexity index is 522. The molecule has 0 bridgehead atoms. The molecule has 1 aromatic carbocycles. The maximum absolute atomic E-state index is 13.4. The van der Waals surface area contributed by atoms with Crippen molar-refractivity contribution in [2.75, 3.05) is 0 Å². The summed E-state index contributed by atoms with van der Waals surface area (Å²) < 4.78 is 18.7. The van der Waals surface area contributed by atoms with Crippen LogP contribution in [0.4, 0.5) is 4.39 Å². The average Bonchev–Trinajstić information content (AvgIpc) is 2.38. The van der Waals surface area contributed by atoms with Crippen LogP contribution in [0.15, 0.2) is 42.6 Å². The molecule has 4 nitrogen and oxygen atoms in total. The van der Waals surface area contributed by atoms with Crippen LogP contribution in [-0.2, 0) is 6.61 Å². The normalized spacial score (nSPS) is 10.2. The Morgan fingerprint density at radius 1 is 1.22 bits per heavy atom. The van der Waals surface area contributed by atoms with Crippen molar-refractivity contribution in [3.05, 3.63) is 54.1 Å². The third-order valence-electron chi connectivity index (χ3n) is 2.36. The monoisotopic (exact) mass is 247 g/mol. The second-order valence-corrected chi connectivity index (χ2v) is 3.67. The zero-order valence-electron chi connectivity index (χ0n) is 9.45. The molecule has 1 heterocycles. The highest BCUT2D eigenvalue weighted by Crippen LogP contribution is 2.15. The van der Waals surface area contributed by atoms with E-state index in [2.05, 4.69) is 4.98 Å². The molecule has 6 heteroatoms. The fourth-order valence-corrected chi connectivity index (χ4v) is 1.43. The molecule has 92 valence electrons. The van der Waals surface area contributed by atoms with E-state index >= 15 is 0 Å². The van der Waals surface area contributed by atoms with Gasteiger partial charge in [-0.05, 0) is 29.7 Å². The Morgan fingerprint density at radius 2 is 2.06 bits per heavy atom. The molecule has 0 aliphatic heterocycles. The van der Waals surface area contributed by atoms with Crippen LogP contribution < -0.4 is 10.2 Å². The predicted octanol–water partition coefficient (Wildman–Crippen LogP) is 0.479. The number of pyridine rings is 1. The summed E-state index contributed by atoms with van der Waals surface area (Å²) >= 11 is 0. The van der Waals surface area contributed by atoms with Gasteiger partial charge in [-0.15, -0.1) is 0 Å². The van der Waals surface area contributed by atoms with E-state index in [4.69, 9.17) is 14.8 Å². The maximum Gasteiger partial charge on any atom is 0.488 e. The molecule has 2 N–H and O–H groups in total. The lowest BCUT2D eigenvalue weighted by Crippen LogP contribution is -2.29. The van der Waals surface area contributed by atoms with Crippen molar-refractivity contribution in [2.45, 2.75) is 6.61 Å². The lowest BCUT2D eigenvalue weighted by molar-refractivity contribution is 0.286. The van der Waals surface area contributed by atoms with Gasteiger partial charge in [-0.1, -0.05) is 12.1 Å². The van der Waals surface area contributed by atoms with Gasteiger partial charge in [-0.3, -0.25) is 4.98 Å². The minimum atomic E-state index is -1.65. The topological polar surface area (TPSA) is 62.6 Å². The largest absolute Gasteiger partial charge is 0.488 e. The maximum atomic E-state index is 13.4. The molecule has 18 heavy (non-hydrogen) atoms. The molecule has 0 unspecified atom stereocenters. The lowest BCUT2D eigenvalue weighted by Gasteiger charge is -2.08. The van der Waals surface area contributed by atoms with Crippen LogP contribution in [0, 0.1) is 5.82 Å². The zero-order chi connectivity index (χ0) is 13.0. The van der Waals surface area contributed by atoms with E-state index in [-0.39, 0.29) is 17.8 Å². The van der Waals surface area contributed by atoms with Crippen molar-refractivity contribution in [1.29, 1.82) is 0 Å². The molecule has 0 aliphatic rings. The van der Waals surface area contributed by atoms with Crippen molar-refractivity contribution >= 4 is 12.6 Å². The molecule has 0 radical (unpaired) electrons. The molecule has 2 rings (SSSR count). The second kappa shape index (κ2) is 5.62. The van der Waals surface area contributed by atoms with Crippen molar-refractivity contribution < 1.29 is 19.2 Å². The molecule has 0 fully saturated rings. The Balaban J connectivity index is 2.11. The fourth-order valence-electron chi connectivity index (χ4n) is 1.43. The number of nitrogens with zero attached hydrogens (tertiary/aromatic N) is 1. The predicted molar refractivity (Wildman–Crippen MR) is 64.8 cm³/mol. The van der Waals surface area contributed by atoms with Crippen molar-refractivity contribution in [3.8, 4) is 5.75 Å². The van der Waals surface area contributed by atoms with Crippen LogP contribution >= 0.6 is 0 Å². The minimum Gasteiger partial charge on any atom is -0.484 e. The number of benzene rings is 1. The Kier molecular flexibility index (Phi) is 3.91. The Morgan fingerprint density at radius 3 is 2.72 bits per heavy atom. The number of rotatable bonds is 4. The lowest BCUT2D eigenvalue weighted by atomic mass is 9.80. The smallest absolute Gasteiger partial charge is 0.484 e. The van der Waals surface area contributed by atoms with Crippen LogP contribution in [0.3, 0.4) is 0 Å². The van der Waals surface area contributed by atoms with Gasteiger partial charge in [0.15, 0.2) is 11.6 Å². The fraction of sp³-hybridized carbons (Fsp3) is 0.0833.